The molecule has 1 amide bonds. The van der Waals surface area contributed by atoms with Crippen LogP contribution in [0.2, 0.25) is 10.0 Å². The predicted molar refractivity (Wildman–Crippen MR) is 116 cm³/mol. The van der Waals surface area contributed by atoms with Crippen molar-refractivity contribution in [2.75, 3.05) is 19.3 Å². The standard InChI is InChI=1S/C20H16Cl2N4O2S/c1-25(10-2-9-23)18(27)12-29-20-24-17-11-14(22)5-8-16(17)19(28)26(20)15-6-3-13(21)4-7-15/h3-8,11H,2,10,12H2,1H3. The molecular weight excluding hydrogens is 431 g/mol. The molecule has 0 atom stereocenters. The highest BCUT2D eigenvalue weighted by atomic mass is 35.5. The first-order valence-electron chi connectivity index (χ1n) is 8.62. The number of carbonyl (C=O) groups is 1. The van der Waals surface area contributed by atoms with Crippen molar-refractivity contribution >= 4 is 51.8 Å². The monoisotopic (exact) mass is 446 g/mol. The number of hydrogen-bond donors (Lipinski definition) is 0. The molecule has 3 rings (SSSR count). The maximum Gasteiger partial charge on any atom is 0.266 e. The van der Waals surface area contributed by atoms with Crippen LogP contribution in [0.3, 0.4) is 0 Å². The van der Waals surface area contributed by atoms with Crippen molar-refractivity contribution in [2.24, 2.45) is 0 Å². The number of aromatic nitrogens is 2. The SMILES string of the molecule is CN(CCC#N)C(=O)CSc1nc2cc(Cl)ccc2c(=O)n1-c1ccc(Cl)cc1. The summed E-state index contributed by atoms with van der Waals surface area (Å²) in [5.41, 5.74) is 0.791. The summed E-state index contributed by atoms with van der Waals surface area (Å²) in [4.78, 5) is 31.6. The zero-order valence-electron chi connectivity index (χ0n) is 15.4. The van der Waals surface area contributed by atoms with Gasteiger partial charge in [0.1, 0.15) is 0 Å². The van der Waals surface area contributed by atoms with E-state index in [-0.39, 0.29) is 23.6 Å². The van der Waals surface area contributed by atoms with E-state index in [1.165, 1.54) is 9.47 Å². The first kappa shape index (κ1) is 21.2. The molecular formula is C20H16Cl2N4O2S. The molecule has 6 nitrogen and oxygen atoms in total. The van der Waals surface area contributed by atoms with E-state index in [9.17, 15) is 9.59 Å². The number of thioether (sulfide) groups is 1. The smallest absolute Gasteiger partial charge is 0.266 e. The van der Waals surface area contributed by atoms with Gasteiger partial charge in [-0.2, -0.15) is 5.26 Å². The zero-order valence-corrected chi connectivity index (χ0v) is 17.8. The maximum absolute atomic E-state index is 13.2. The molecule has 0 radical (unpaired) electrons. The molecule has 0 saturated heterocycles. The second-order valence-corrected chi connectivity index (χ2v) is 8.00. The molecule has 0 bridgehead atoms. The third-order valence-electron chi connectivity index (χ3n) is 4.19. The summed E-state index contributed by atoms with van der Waals surface area (Å²) in [7, 11) is 1.64. The number of hydrogen-bond acceptors (Lipinski definition) is 5. The number of fused-ring (bicyclic) bond motifs is 1. The minimum Gasteiger partial charge on any atom is -0.344 e. The van der Waals surface area contributed by atoms with Gasteiger partial charge in [-0.25, -0.2) is 4.98 Å². The number of benzene rings is 2. The number of rotatable bonds is 6. The highest BCUT2D eigenvalue weighted by Gasteiger charge is 2.16. The Labute approximate surface area is 181 Å². The van der Waals surface area contributed by atoms with Crippen LogP contribution < -0.4 is 5.56 Å². The Kier molecular flexibility index (Phi) is 6.80. The first-order valence-corrected chi connectivity index (χ1v) is 10.4. The molecule has 0 saturated carbocycles. The van der Waals surface area contributed by atoms with Crippen molar-refractivity contribution in [3.8, 4) is 11.8 Å². The summed E-state index contributed by atoms with van der Waals surface area (Å²) in [5.74, 6) is -0.0815. The van der Waals surface area contributed by atoms with Crippen molar-refractivity contribution in [3.05, 3.63) is 62.9 Å². The lowest BCUT2D eigenvalue weighted by molar-refractivity contribution is -0.127. The van der Waals surface area contributed by atoms with E-state index in [0.717, 1.165) is 11.8 Å². The number of amides is 1. The van der Waals surface area contributed by atoms with Gasteiger partial charge in [-0.05, 0) is 42.5 Å². The van der Waals surface area contributed by atoms with Gasteiger partial charge in [0.05, 0.1) is 34.8 Å². The van der Waals surface area contributed by atoms with E-state index in [4.69, 9.17) is 28.5 Å². The van der Waals surface area contributed by atoms with Crippen molar-refractivity contribution < 1.29 is 4.79 Å². The zero-order chi connectivity index (χ0) is 21.0. The molecule has 29 heavy (non-hydrogen) atoms. The van der Waals surface area contributed by atoms with E-state index in [1.807, 2.05) is 6.07 Å². The Balaban J connectivity index is 2.03. The Morgan fingerprint density at radius 2 is 1.90 bits per heavy atom. The summed E-state index contributed by atoms with van der Waals surface area (Å²) < 4.78 is 1.46. The van der Waals surface area contributed by atoms with Gasteiger partial charge in [-0.3, -0.25) is 14.2 Å². The fraction of sp³-hybridized carbons (Fsp3) is 0.200. The van der Waals surface area contributed by atoms with Crippen LogP contribution in [0.15, 0.2) is 52.4 Å². The first-order chi connectivity index (χ1) is 13.9. The third kappa shape index (κ3) is 4.91. The molecule has 0 N–H and O–H groups in total. The molecule has 0 spiro atoms. The topological polar surface area (TPSA) is 79.0 Å². The highest BCUT2D eigenvalue weighted by molar-refractivity contribution is 7.99. The van der Waals surface area contributed by atoms with Crippen LogP contribution in [0, 0.1) is 11.3 Å². The number of halogens is 2. The minimum absolute atomic E-state index is 0.0774. The Bertz CT molecular complexity index is 1160. The van der Waals surface area contributed by atoms with E-state index in [0.29, 0.717) is 38.3 Å². The molecule has 148 valence electrons. The molecule has 3 aromatic rings. The third-order valence-corrected chi connectivity index (χ3v) is 5.61. The average Bonchev–Trinajstić information content (AvgIpc) is 2.71. The van der Waals surface area contributed by atoms with E-state index >= 15 is 0 Å². The number of nitrogens with zero attached hydrogens (tertiary/aromatic N) is 4. The van der Waals surface area contributed by atoms with E-state index in [2.05, 4.69) is 4.98 Å². The van der Waals surface area contributed by atoms with Gasteiger partial charge in [0.2, 0.25) is 5.91 Å². The molecule has 1 aromatic heterocycles. The highest BCUT2D eigenvalue weighted by Crippen LogP contribution is 2.24. The summed E-state index contributed by atoms with van der Waals surface area (Å²) >= 11 is 13.2. The average molecular weight is 447 g/mol. The molecule has 0 aliphatic carbocycles. The van der Waals surface area contributed by atoms with Gasteiger partial charge in [-0.15, -0.1) is 0 Å². The van der Waals surface area contributed by atoms with Gasteiger partial charge in [0.25, 0.3) is 5.56 Å². The Morgan fingerprint density at radius 3 is 2.59 bits per heavy atom. The van der Waals surface area contributed by atoms with Crippen molar-refractivity contribution in [2.45, 2.75) is 11.6 Å². The van der Waals surface area contributed by atoms with Crippen molar-refractivity contribution in [1.29, 1.82) is 5.26 Å². The summed E-state index contributed by atoms with van der Waals surface area (Å²) in [6.07, 6.45) is 0.259. The second kappa shape index (κ2) is 9.31. The lowest BCUT2D eigenvalue weighted by atomic mass is 10.2. The minimum atomic E-state index is -0.262. The van der Waals surface area contributed by atoms with Crippen LogP contribution in [0.4, 0.5) is 0 Å². The van der Waals surface area contributed by atoms with Crippen LogP contribution in [-0.2, 0) is 4.79 Å². The van der Waals surface area contributed by atoms with Crippen molar-refractivity contribution in [3.63, 3.8) is 0 Å². The van der Waals surface area contributed by atoms with E-state index in [1.54, 1.807) is 49.5 Å². The second-order valence-electron chi connectivity index (χ2n) is 6.18. The van der Waals surface area contributed by atoms with Crippen LogP contribution in [0.25, 0.3) is 16.6 Å². The molecule has 0 unspecified atom stereocenters. The molecule has 0 fully saturated rings. The van der Waals surface area contributed by atoms with Gasteiger partial charge in [0.15, 0.2) is 5.16 Å². The molecule has 2 aromatic carbocycles. The summed E-state index contributed by atoms with van der Waals surface area (Å²) in [6.45, 7) is 0.348. The normalized spacial score (nSPS) is 10.7. The van der Waals surface area contributed by atoms with Crippen molar-refractivity contribution in [1.82, 2.24) is 14.5 Å². The largest absolute Gasteiger partial charge is 0.344 e. The van der Waals surface area contributed by atoms with Gasteiger partial charge >= 0.3 is 0 Å². The number of nitriles is 1. The van der Waals surface area contributed by atoms with Crippen LogP contribution in [-0.4, -0.2) is 39.7 Å². The predicted octanol–water partition coefficient (Wildman–Crippen LogP) is 4.16. The molecule has 0 aliphatic rings. The van der Waals surface area contributed by atoms with Gasteiger partial charge in [0, 0.05) is 23.6 Å². The van der Waals surface area contributed by atoms with Gasteiger partial charge in [-0.1, -0.05) is 35.0 Å². The maximum atomic E-state index is 13.2. The van der Waals surface area contributed by atoms with Crippen LogP contribution in [0.5, 0.6) is 0 Å². The lowest BCUT2D eigenvalue weighted by Crippen LogP contribution is -2.29. The quantitative estimate of drug-likeness (QED) is 0.419. The van der Waals surface area contributed by atoms with Gasteiger partial charge < -0.3 is 4.90 Å². The fourth-order valence-electron chi connectivity index (χ4n) is 2.63. The summed E-state index contributed by atoms with van der Waals surface area (Å²) in [6, 6.07) is 13.7. The fourth-order valence-corrected chi connectivity index (χ4v) is 3.88. The number of carbonyl (C=O) groups excluding carboxylic acids is 1. The van der Waals surface area contributed by atoms with E-state index < -0.39 is 0 Å². The molecule has 1 heterocycles. The van der Waals surface area contributed by atoms with Crippen LogP contribution in [0.1, 0.15) is 6.42 Å². The Morgan fingerprint density at radius 1 is 1.21 bits per heavy atom. The van der Waals surface area contributed by atoms with Crippen LogP contribution >= 0.6 is 35.0 Å². The Hall–Kier alpha value is -2.53. The molecule has 9 heteroatoms. The lowest BCUT2D eigenvalue weighted by Gasteiger charge is -2.16. The summed E-state index contributed by atoms with van der Waals surface area (Å²) in [5, 5.41) is 10.5. The molecule has 0 aliphatic heterocycles.